The van der Waals surface area contributed by atoms with Crippen LogP contribution in [-0.4, -0.2) is 58.2 Å². The summed E-state index contributed by atoms with van der Waals surface area (Å²) in [5.74, 6) is 0.0518. The summed E-state index contributed by atoms with van der Waals surface area (Å²) in [5.41, 5.74) is 2.13. The fraction of sp³-hybridized carbons (Fsp3) is 0.250. The molecule has 3 N–H and O–H groups in total. The van der Waals surface area contributed by atoms with Crippen LogP contribution in [0.5, 0.6) is 17.4 Å². The molecule has 4 heterocycles. The van der Waals surface area contributed by atoms with Gasteiger partial charge in [0.15, 0.2) is 0 Å². The number of β-amino-alcohol motifs (C(OH)–C–C–N with tert-alkyl or cyclic N) is 1. The maximum atomic E-state index is 14.8. The van der Waals surface area contributed by atoms with Gasteiger partial charge in [-0.2, -0.15) is 0 Å². The molecule has 0 amide bonds. The van der Waals surface area contributed by atoms with Crippen molar-refractivity contribution in [1.82, 2.24) is 14.5 Å². The number of methoxy groups -OCH3 is 2. The minimum Gasteiger partial charge on any atom is -0.497 e. The van der Waals surface area contributed by atoms with Crippen molar-refractivity contribution in [2.75, 3.05) is 37.5 Å². The molecule has 1 atom stereocenters. The van der Waals surface area contributed by atoms with Crippen molar-refractivity contribution in [2.45, 2.75) is 25.5 Å². The highest BCUT2D eigenvalue weighted by Gasteiger charge is 2.22. The summed E-state index contributed by atoms with van der Waals surface area (Å²) in [6.45, 7) is 1.60. The quantitative estimate of drug-likeness (QED) is 0.208. The zero-order chi connectivity index (χ0) is 30.1. The Bertz CT molecular complexity index is 1760. The van der Waals surface area contributed by atoms with Crippen LogP contribution in [-0.2, 0) is 6.54 Å². The van der Waals surface area contributed by atoms with Gasteiger partial charge in [0, 0.05) is 30.9 Å². The molecular formula is C32H31F2N5O4. The van der Waals surface area contributed by atoms with Crippen LogP contribution < -0.4 is 19.7 Å². The third-order valence-corrected chi connectivity index (χ3v) is 7.65. The monoisotopic (exact) mass is 587 g/mol. The van der Waals surface area contributed by atoms with Crippen LogP contribution in [0.25, 0.3) is 22.2 Å². The number of rotatable bonds is 8. The molecule has 1 unspecified atom stereocenters. The first kappa shape index (κ1) is 28.2. The molecule has 43 heavy (non-hydrogen) atoms. The third-order valence-electron chi connectivity index (χ3n) is 7.65. The van der Waals surface area contributed by atoms with E-state index in [0.29, 0.717) is 40.5 Å². The Morgan fingerprint density at radius 1 is 1.05 bits per heavy atom. The molecule has 0 spiro atoms. The van der Waals surface area contributed by atoms with Gasteiger partial charge >= 0.3 is 0 Å². The van der Waals surface area contributed by atoms with Gasteiger partial charge in [0.25, 0.3) is 0 Å². The first-order valence-electron chi connectivity index (χ1n) is 13.9. The molecule has 3 aromatic heterocycles. The molecule has 0 aliphatic carbocycles. The fourth-order valence-corrected chi connectivity index (χ4v) is 5.48. The maximum absolute atomic E-state index is 14.8. The number of fused-ring (bicyclic) bond motifs is 1. The number of nitrogens with one attached hydrogen (secondary N) is 1. The number of ether oxygens (including phenoxy) is 2. The molecular weight excluding hydrogens is 556 g/mol. The van der Waals surface area contributed by atoms with Gasteiger partial charge < -0.3 is 34.5 Å². The van der Waals surface area contributed by atoms with Gasteiger partial charge in [0.1, 0.15) is 29.0 Å². The van der Waals surface area contributed by atoms with Crippen molar-refractivity contribution in [1.29, 1.82) is 0 Å². The van der Waals surface area contributed by atoms with E-state index in [-0.39, 0.29) is 29.8 Å². The average molecular weight is 588 g/mol. The molecule has 5 aromatic rings. The zero-order valence-corrected chi connectivity index (χ0v) is 23.7. The molecule has 11 heteroatoms. The standard InChI is InChI=1S/C32H31F2N5O4/c1-42-22-10-8-19(28(13-22)43-2)16-39-18-27-31(32(39)41)26(14-25(36-27)30-23(33)6-3-7-24(30)34)37-29-11-9-20(15-35-29)38-12-4-5-21(40)17-38/h3,6-11,13-15,18,21,40-41H,4-5,12,16-17H2,1-2H3,(H,35,37). The van der Waals surface area contributed by atoms with E-state index in [1.807, 2.05) is 12.1 Å². The van der Waals surface area contributed by atoms with E-state index in [9.17, 15) is 19.0 Å². The predicted octanol–water partition coefficient (Wildman–Crippen LogP) is 5.85. The largest absolute Gasteiger partial charge is 0.497 e. The highest BCUT2D eigenvalue weighted by Crippen LogP contribution is 2.39. The molecule has 0 saturated carbocycles. The van der Waals surface area contributed by atoms with E-state index in [1.54, 1.807) is 49.4 Å². The number of hydrogen-bond acceptors (Lipinski definition) is 8. The lowest BCUT2D eigenvalue weighted by Gasteiger charge is -2.31. The number of aromatic hydroxyl groups is 1. The number of aromatic nitrogens is 3. The van der Waals surface area contributed by atoms with Gasteiger partial charge in [-0.1, -0.05) is 6.07 Å². The summed E-state index contributed by atoms with van der Waals surface area (Å²) in [7, 11) is 3.12. The number of aliphatic hydroxyl groups excluding tert-OH is 1. The van der Waals surface area contributed by atoms with Crippen LogP contribution >= 0.6 is 0 Å². The molecule has 2 aromatic carbocycles. The van der Waals surface area contributed by atoms with Crippen LogP contribution in [0.15, 0.2) is 67.0 Å². The van der Waals surface area contributed by atoms with Crippen molar-refractivity contribution in [2.24, 2.45) is 0 Å². The maximum Gasteiger partial charge on any atom is 0.203 e. The third kappa shape index (κ3) is 5.63. The molecule has 0 bridgehead atoms. The van der Waals surface area contributed by atoms with Gasteiger partial charge in [-0.05, 0) is 55.3 Å². The summed E-state index contributed by atoms with van der Waals surface area (Å²) >= 11 is 0. The predicted molar refractivity (Wildman–Crippen MR) is 160 cm³/mol. The Hall–Kier alpha value is -4.90. The van der Waals surface area contributed by atoms with E-state index >= 15 is 0 Å². The van der Waals surface area contributed by atoms with Crippen molar-refractivity contribution in [3.63, 3.8) is 0 Å². The van der Waals surface area contributed by atoms with Crippen molar-refractivity contribution in [3.05, 3.63) is 84.2 Å². The second-order valence-corrected chi connectivity index (χ2v) is 10.4. The summed E-state index contributed by atoms with van der Waals surface area (Å²) in [4.78, 5) is 11.2. The van der Waals surface area contributed by atoms with Gasteiger partial charge in [-0.25, -0.2) is 18.7 Å². The molecule has 1 fully saturated rings. The molecule has 1 aliphatic rings. The van der Waals surface area contributed by atoms with Crippen molar-refractivity contribution >= 4 is 28.1 Å². The average Bonchev–Trinajstić information content (AvgIpc) is 3.32. The SMILES string of the molecule is COc1ccc(Cn2cc3nc(-c4c(F)cccc4F)cc(Nc4ccc(N5CCCC(O)C5)cn4)c3c2O)c(OC)c1. The van der Waals surface area contributed by atoms with Crippen molar-refractivity contribution < 1.29 is 28.5 Å². The molecule has 0 radical (unpaired) electrons. The number of anilines is 3. The summed E-state index contributed by atoms with van der Waals surface area (Å²) in [6.07, 6.45) is 4.63. The molecule has 1 saturated heterocycles. The van der Waals surface area contributed by atoms with Gasteiger partial charge in [0.2, 0.25) is 5.88 Å². The summed E-state index contributed by atoms with van der Waals surface area (Å²) in [6, 6.07) is 14.2. The van der Waals surface area contributed by atoms with E-state index in [4.69, 9.17) is 9.47 Å². The lowest BCUT2D eigenvalue weighted by molar-refractivity contribution is 0.154. The number of piperidine rings is 1. The Morgan fingerprint density at radius 2 is 1.86 bits per heavy atom. The molecule has 9 nitrogen and oxygen atoms in total. The number of hydrogen-bond donors (Lipinski definition) is 3. The van der Waals surface area contributed by atoms with Gasteiger partial charge in [-0.3, -0.25) is 0 Å². The Labute approximate surface area is 247 Å². The van der Waals surface area contributed by atoms with Crippen LogP contribution in [0, 0.1) is 11.6 Å². The van der Waals surface area contributed by atoms with Crippen LogP contribution in [0.1, 0.15) is 18.4 Å². The topological polar surface area (TPSA) is 105 Å². The minimum absolute atomic E-state index is 0.0590. The molecule has 6 rings (SSSR count). The fourth-order valence-electron chi connectivity index (χ4n) is 5.48. The number of pyridine rings is 2. The van der Waals surface area contributed by atoms with Crippen LogP contribution in [0.3, 0.4) is 0 Å². The number of halogens is 2. The van der Waals surface area contributed by atoms with Gasteiger partial charge in [0.05, 0.1) is 66.6 Å². The highest BCUT2D eigenvalue weighted by atomic mass is 19.1. The van der Waals surface area contributed by atoms with E-state index in [0.717, 1.165) is 30.6 Å². The lowest BCUT2D eigenvalue weighted by atomic mass is 10.1. The number of nitrogens with zero attached hydrogens (tertiary/aromatic N) is 4. The first-order chi connectivity index (χ1) is 20.8. The normalized spacial score (nSPS) is 15.1. The van der Waals surface area contributed by atoms with Crippen molar-refractivity contribution in [3.8, 4) is 28.6 Å². The Balaban J connectivity index is 1.41. The van der Waals surface area contributed by atoms with Gasteiger partial charge in [-0.15, -0.1) is 0 Å². The smallest absolute Gasteiger partial charge is 0.203 e. The van der Waals surface area contributed by atoms with E-state index in [1.165, 1.54) is 24.3 Å². The number of aliphatic hydroxyl groups is 1. The highest BCUT2D eigenvalue weighted by molar-refractivity contribution is 5.99. The van der Waals surface area contributed by atoms with E-state index < -0.39 is 11.6 Å². The van der Waals surface area contributed by atoms with Crippen LogP contribution in [0.4, 0.5) is 26.0 Å². The summed E-state index contributed by atoms with van der Waals surface area (Å²) < 4.78 is 42.1. The zero-order valence-electron chi connectivity index (χ0n) is 23.7. The second kappa shape index (κ2) is 11.8. The summed E-state index contributed by atoms with van der Waals surface area (Å²) in [5, 5.41) is 25.0. The first-order valence-corrected chi connectivity index (χ1v) is 13.9. The van der Waals surface area contributed by atoms with E-state index in [2.05, 4.69) is 20.2 Å². The molecule has 1 aliphatic heterocycles. The van der Waals surface area contributed by atoms with Crippen LogP contribution in [0.2, 0.25) is 0 Å². The Morgan fingerprint density at radius 3 is 2.56 bits per heavy atom. The minimum atomic E-state index is -0.754. The number of benzene rings is 2. The molecule has 222 valence electrons. The lowest BCUT2D eigenvalue weighted by Crippen LogP contribution is -2.38. The second-order valence-electron chi connectivity index (χ2n) is 10.4. The Kier molecular flexibility index (Phi) is 7.73.